The van der Waals surface area contributed by atoms with Crippen LogP contribution in [0.15, 0.2) is 60.0 Å². The molecule has 0 fully saturated rings. The second-order valence-corrected chi connectivity index (χ2v) is 7.81. The number of anilines is 1. The Morgan fingerprint density at radius 3 is 2.68 bits per heavy atom. The summed E-state index contributed by atoms with van der Waals surface area (Å²) in [6.45, 7) is 1.84. The molecule has 4 rings (SSSR count). The SMILES string of the molecule is Cc1nnc(NC(=O)CSc2nnc(-c3cccnc3)n2-c2ccccc2)s1. The summed E-state index contributed by atoms with van der Waals surface area (Å²) in [5.74, 6) is 0.671. The zero-order valence-electron chi connectivity index (χ0n) is 14.8. The molecule has 0 saturated carbocycles. The van der Waals surface area contributed by atoms with E-state index in [1.54, 1.807) is 12.4 Å². The van der Waals surface area contributed by atoms with E-state index in [4.69, 9.17) is 0 Å². The average Bonchev–Trinajstić information content (AvgIpc) is 3.33. The Bertz CT molecular complexity index is 1080. The second-order valence-electron chi connectivity index (χ2n) is 5.68. The number of benzene rings is 1. The van der Waals surface area contributed by atoms with Crippen LogP contribution in [0.1, 0.15) is 5.01 Å². The maximum Gasteiger partial charge on any atom is 0.236 e. The molecular formula is C18H15N7OS2. The molecule has 0 aliphatic heterocycles. The summed E-state index contributed by atoms with van der Waals surface area (Å²) >= 11 is 2.64. The lowest BCUT2D eigenvalue weighted by Gasteiger charge is -2.10. The van der Waals surface area contributed by atoms with Crippen LogP contribution in [-0.2, 0) is 4.79 Å². The Balaban J connectivity index is 1.58. The fourth-order valence-electron chi connectivity index (χ4n) is 2.49. The third-order valence-electron chi connectivity index (χ3n) is 3.67. The largest absolute Gasteiger partial charge is 0.300 e. The summed E-state index contributed by atoms with van der Waals surface area (Å²) in [5, 5.41) is 21.1. The predicted molar refractivity (Wildman–Crippen MR) is 109 cm³/mol. The lowest BCUT2D eigenvalue weighted by Crippen LogP contribution is -2.14. The van der Waals surface area contributed by atoms with Gasteiger partial charge in [-0.2, -0.15) is 0 Å². The van der Waals surface area contributed by atoms with Gasteiger partial charge in [-0.3, -0.25) is 19.7 Å². The monoisotopic (exact) mass is 409 g/mol. The van der Waals surface area contributed by atoms with Gasteiger partial charge in [-0.15, -0.1) is 20.4 Å². The minimum absolute atomic E-state index is 0.174. The summed E-state index contributed by atoms with van der Waals surface area (Å²) in [5.41, 5.74) is 1.76. The van der Waals surface area contributed by atoms with Crippen molar-refractivity contribution in [3.63, 3.8) is 0 Å². The number of carbonyl (C=O) groups is 1. The zero-order valence-corrected chi connectivity index (χ0v) is 16.4. The van der Waals surface area contributed by atoms with Crippen molar-refractivity contribution in [2.45, 2.75) is 12.1 Å². The van der Waals surface area contributed by atoms with E-state index in [0.29, 0.717) is 16.1 Å². The van der Waals surface area contributed by atoms with E-state index < -0.39 is 0 Å². The Morgan fingerprint density at radius 2 is 1.96 bits per heavy atom. The maximum atomic E-state index is 12.3. The minimum Gasteiger partial charge on any atom is -0.300 e. The maximum absolute atomic E-state index is 12.3. The topological polar surface area (TPSA) is 98.5 Å². The van der Waals surface area contributed by atoms with Gasteiger partial charge in [-0.25, -0.2) is 0 Å². The van der Waals surface area contributed by atoms with Crippen LogP contribution in [0.5, 0.6) is 0 Å². The van der Waals surface area contributed by atoms with E-state index >= 15 is 0 Å². The van der Waals surface area contributed by atoms with E-state index in [0.717, 1.165) is 16.3 Å². The first-order chi connectivity index (χ1) is 13.7. The molecule has 3 aromatic heterocycles. The van der Waals surface area contributed by atoms with E-state index in [1.165, 1.54) is 23.1 Å². The zero-order chi connectivity index (χ0) is 19.3. The van der Waals surface area contributed by atoms with Gasteiger partial charge in [0.25, 0.3) is 0 Å². The Morgan fingerprint density at radius 1 is 1.11 bits per heavy atom. The molecule has 0 aliphatic rings. The molecule has 1 aromatic carbocycles. The summed E-state index contributed by atoms with van der Waals surface area (Å²) in [6, 6.07) is 13.6. The van der Waals surface area contributed by atoms with Crippen molar-refractivity contribution in [1.29, 1.82) is 0 Å². The number of hydrogen-bond acceptors (Lipinski definition) is 8. The first kappa shape index (κ1) is 18.3. The summed E-state index contributed by atoms with van der Waals surface area (Å²) < 4.78 is 1.92. The number of aromatic nitrogens is 6. The second kappa shape index (κ2) is 8.28. The number of hydrogen-bond donors (Lipinski definition) is 1. The van der Waals surface area contributed by atoms with Crippen molar-refractivity contribution in [2.75, 3.05) is 11.1 Å². The normalized spacial score (nSPS) is 10.8. The fraction of sp³-hybridized carbons (Fsp3) is 0.111. The van der Waals surface area contributed by atoms with Crippen molar-refractivity contribution >= 4 is 34.1 Å². The molecule has 0 bridgehead atoms. The van der Waals surface area contributed by atoms with Gasteiger partial charge in [0.05, 0.1) is 5.75 Å². The molecule has 4 aromatic rings. The van der Waals surface area contributed by atoms with Crippen LogP contribution in [0.4, 0.5) is 5.13 Å². The molecule has 0 unspecified atom stereocenters. The molecule has 10 heteroatoms. The standard InChI is InChI=1S/C18H15N7OS2/c1-12-21-23-17(28-12)20-15(26)11-27-18-24-22-16(13-6-5-9-19-10-13)25(18)14-7-3-2-4-8-14/h2-10H,11H2,1H3,(H,20,23,26). The van der Waals surface area contributed by atoms with E-state index in [1.807, 2.05) is 54.0 Å². The van der Waals surface area contributed by atoms with E-state index in [2.05, 4.69) is 30.7 Å². The number of nitrogens with one attached hydrogen (secondary N) is 1. The lowest BCUT2D eigenvalue weighted by molar-refractivity contribution is -0.113. The molecule has 8 nitrogen and oxygen atoms in total. The summed E-state index contributed by atoms with van der Waals surface area (Å²) in [6.07, 6.45) is 3.45. The van der Waals surface area contributed by atoms with Crippen molar-refractivity contribution < 1.29 is 4.79 Å². The number of pyridine rings is 1. The Kier molecular flexibility index (Phi) is 5.40. The fourth-order valence-corrected chi connectivity index (χ4v) is 3.85. The lowest BCUT2D eigenvalue weighted by atomic mass is 10.2. The molecule has 140 valence electrons. The predicted octanol–water partition coefficient (Wildman–Crippen LogP) is 3.22. The molecule has 28 heavy (non-hydrogen) atoms. The Hall–Kier alpha value is -3.11. The Labute approximate surface area is 169 Å². The van der Waals surface area contributed by atoms with E-state index in [-0.39, 0.29) is 11.7 Å². The van der Waals surface area contributed by atoms with Crippen LogP contribution in [-0.4, -0.2) is 41.6 Å². The van der Waals surface area contributed by atoms with Gasteiger partial charge in [0.15, 0.2) is 11.0 Å². The molecule has 0 atom stereocenters. The minimum atomic E-state index is -0.174. The van der Waals surface area contributed by atoms with Crippen LogP contribution in [0.2, 0.25) is 0 Å². The summed E-state index contributed by atoms with van der Waals surface area (Å²) in [4.78, 5) is 16.4. The molecule has 3 heterocycles. The highest BCUT2D eigenvalue weighted by Gasteiger charge is 2.17. The third-order valence-corrected chi connectivity index (χ3v) is 5.36. The molecule has 0 radical (unpaired) electrons. The third kappa shape index (κ3) is 4.07. The average molecular weight is 410 g/mol. The highest BCUT2D eigenvalue weighted by molar-refractivity contribution is 7.99. The van der Waals surface area contributed by atoms with Crippen LogP contribution in [0.25, 0.3) is 17.1 Å². The van der Waals surface area contributed by atoms with Gasteiger partial charge in [0.2, 0.25) is 11.0 Å². The quantitative estimate of drug-likeness (QED) is 0.488. The van der Waals surface area contributed by atoms with Crippen LogP contribution < -0.4 is 5.32 Å². The first-order valence-electron chi connectivity index (χ1n) is 8.35. The van der Waals surface area contributed by atoms with Gasteiger partial charge >= 0.3 is 0 Å². The molecule has 1 amide bonds. The number of para-hydroxylation sites is 1. The number of thioether (sulfide) groups is 1. The van der Waals surface area contributed by atoms with Crippen molar-refractivity contribution in [3.05, 3.63) is 59.9 Å². The molecule has 1 N–H and O–H groups in total. The van der Waals surface area contributed by atoms with Crippen LogP contribution >= 0.6 is 23.1 Å². The number of rotatable bonds is 6. The molecule has 0 saturated heterocycles. The van der Waals surface area contributed by atoms with Gasteiger partial charge in [-0.05, 0) is 31.2 Å². The van der Waals surface area contributed by atoms with Crippen molar-refractivity contribution in [3.8, 4) is 17.1 Å². The number of nitrogens with zero attached hydrogens (tertiary/aromatic N) is 6. The molecular weight excluding hydrogens is 394 g/mol. The van der Waals surface area contributed by atoms with Gasteiger partial charge < -0.3 is 0 Å². The van der Waals surface area contributed by atoms with E-state index in [9.17, 15) is 4.79 Å². The van der Waals surface area contributed by atoms with Crippen molar-refractivity contribution in [1.82, 2.24) is 29.9 Å². The van der Waals surface area contributed by atoms with Crippen molar-refractivity contribution in [2.24, 2.45) is 0 Å². The number of amides is 1. The smallest absolute Gasteiger partial charge is 0.236 e. The van der Waals surface area contributed by atoms with Gasteiger partial charge in [-0.1, -0.05) is 41.3 Å². The van der Waals surface area contributed by atoms with Gasteiger partial charge in [0.1, 0.15) is 5.01 Å². The molecule has 0 spiro atoms. The van der Waals surface area contributed by atoms with Crippen LogP contribution in [0, 0.1) is 6.92 Å². The number of carbonyl (C=O) groups excluding carboxylic acids is 1. The summed E-state index contributed by atoms with van der Waals surface area (Å²) in [7, 11) is 0. The van der Waals surface area contributed by atoms with Gasteiger partial charge in [0, 0.05) is 23.6 Å². The first-order valence-corrected chi connectivity index (χ1v) is 10.1. The highest BCUT2D eigenvalue weighted by Crippen LogP contribution is 2.27. The van der Waals surface area contributed by atoms with Crippen LogP contribution in [0.3, 0.4) is 0 Å². The number of aryl methyl sites for hydroxylation is 1. The highest BCUT2D eigenvalue weighted by atomic mass is 32.2. The molecule has 0 aliphatic carbocycles.